The van der Waals surface area contributed by atoms with Crippen LogP contribution in [-0.4, -0.2) is 73.1 Å². The molecule has 112 valence electrons. The molecule has 0 saturated carbocycles. The Morgan fingerprint density at radius 1 is 0.950 bits per heavy atom. The van der Waals surface area contributed by atoms with Crippen LogP contribution in [0.4, 0.5) is 0 Å². The molecule has 0 radical (unpaired) electrons. The van der Waals surface area contributed by atoms with E-state index in [0.29, 0.717) is 32.8 Å². The summed E-state index contributed by atoms with van der Waals surface area (Å²) in [6.07, 6.45) is 3.59. The van der Waals surface area contributed by atoms with Gasteiger partial charge in [0.05, 0.1) is 6.04 Å². The lowest BCUT2D eigenvalue weighted by atomic mass is 10.1. The van der Waals surface area contributed by atoms with Gasteiger partial charge in [0.1, 0.15) is 6.10 Å². The maximum Gasteiger partial charge on any atom is 0.251 e. The van der Waals surface area contributed by atoms with Crippen LogP contribution >= 0.6 is 0 Å². The van der Waals surface area contributed by atoms with Gasteiger partial charge in [-0.2, -0.15) is 0 Å². The third-order valence-corrected chi connectivity index (χ3v) is 4.47. The molecule has 20 heavy (non-hydrogen) atoms. The normalized spacial score (nSPS) is 30.8. The molecule has 3 rings (SSSR count). The molecular weight excluding hydrogens is 258 g/mol. The first-order chi connectivity index (χ1) is 9.75. The minimum absolute atomic E-state index is 0.00424. The Kier molecular flexibility index (Phi) is 4.21. The number of rotatable bonds is 2. The van der Waals surface area contributed by atoms with Gasteiger partial charge in [0.25, 0.3) is 5.91 Å². The fourth-order valence-electron chi connectivity index (χ4n) is 3.24. The summed E-state index contributed by atoms with van der Waals surface area (Å²) in [7, 11) is 0. The number of piperazine rings is 1. The summed E-state index contributed by atoms with van der Waals surface area (Å²) >= 11 is 0. The summed E-state index contributed by atoms with van der Waals surface area (Å²) in [5.41, 5.74) is 0. The topological polar surface area (TPSA) is 61.9 Å². The summed E-state index contributed by atoms with van der Waals surface area (Å²) in [6, 6.07) is -0.00424. The van der Waals surface area contributed by atoms with E-state index < -0.39 is 0 Å². The Balaban J connectivity index is 1.48. The first kappa shape index (κ1) is 13.8. The van der Waals surface area contributed by atoms with Crippen LogP contribution in [-0.2, 0) is 14.3 Å². The van der Waals surface area contributed by atoms with E-state index in [1.165, 1.54) is 0 Å². The molecule has 1 N–H and O–H groups in total. The van der Waals surface area contributed by atoms with Crippen LogP contribution in [0.15, 0.2) is 0 Å². The van der Waals surface area contributed by atoms with Gasteiger partial charge in [0.15, 0.2) is 0 Å². The van der Waals surface area contributed by atoms with E-state index >= 15 is 0 Å². The van der Waals surface area contributed by atoms with Gasteiger partial charge in [-0.05, 0) is 32.2 Å². The lowest BCUT2D eigenvalue weighted by Gasteiger charge is -2.36. The van der Waals surface area contributed by atoms with Crippen molar-refractivity contribution in [1.29, 1.82) is 0 Å². The van der Waals surface area contributed by atoms with Crippen molar-refractivity contribution in [2.75, 3.05) is 39.3 Å². The number of carbonyl (C=O) groups is 2. The number of ether oxygens (including phenoxy) is 1. The Bertz CT molecular complexity index is 332. The lowest BCUT2D eigenvalue weighted by Crippen LogP contribution is -2.55. The quantitative estimate of drug-likeness (QED) is 0.747. The average Bonchev–Trinajstić information content (AvgIpc) is 3.18. The zero-order valence-electron chi connectivity index (χ0n) is 11.8. The molecule has 3 aliphatic rings. The highest BCUT2D eigenvalue weighted by Gasteiger charge is 2.33. The maximum absolute atomic E-state index is 12.3. The third-order valence-electron chi connectivity index (χ3n) is 4.47. The molecule has 0 aromatic heterocycles. The minimum atomic E-state index is -0.242. The van der Waals surface area contributed by atoms with Crippen molar-refractivity contribution in [3.8, 4) is 0 Å². The molecule has 6 heteroatoms. The van der Waals surface area contributed by atoms with E-state index in [1.807, 2.05) is 9.80 Å². The van der Waals surface area contributed by atoms with Crippen molar-refractivity contribution in [2.24, 2.45) is 0 Å². The zero-order chi connectivity index (χ0) is 13.9. The highest BCUT2D eigenvalue weighted by Crippen LogP contribution is 2.17. The molecule has 3 fully saturated rings. The number of carbonyl (C=O) groups excluding carboxylic acids is 2. The van der Waals surface area contributed by atoms with E-state index in [-0.39, 0.29) is 24.0 Å². The molecule has 0 spiro atoms. The molecule has 0 bridgehead atoms. The molecule has 0 aromatic carbocycles. The fourth-order valence-corrected chi connectivity index (χ4v) is 3.24. The monoisotopic (exact) mass is 281 g/mol. The smallest absolute Gasteiger partial charge is 0.251 e. The highest BCUT2D eigenvalue weighted by atomic mass is 16.5. The van der Waals surface area contributed by atoms with Crippen LogP contribution in [0.5, 0.6) is 0 Å². The molecule has 0 aliphatic carbocycles. The van der Waals surface area contributed by atoms with Crippen LogP contribution in [0.3, 0.4) is 0 Å². The maximum atomic E-state index is 12.3. The zero-order valence-corrected chi connectivity index (χ0v) is 11.8. The average molecular weight is 281 g/mol. The number of nitrogens with one attached hydrogen (secondary N) is 1. The van der Waals surface area contributed by atoms with E-state index in [0.717, 1.165) is 32.2 Å². The summed E-state index contributed by atoms with van der Waals surface area (Å²) in [5, 5.41) is 3.24. The van der Waals surface area contributed by atoms with Gasteiger partial charge in [-0.1, -0.05) is 0 Å². The van der Waals surface area contributed by atoms with Crippen LogP contribution in [0.1, 0.15) is 25.7 Å². The summed E-state index contributed by atoms with van der Waals surface area (Å²) in [4.78, 5) is 28.2. The molecule has 3 heterocycles. The molecule has 3 saturated heterocycles. The number of hydrogen-bond acceptors (Lipinski definition) is 4. The van der Waals surface area contributed by atoms with Gasteiger partial charge in [0.2, 0.25) is 5.91 Å². The van der Waals surface area contributed by atoms with E-state index in [1.54, 1.807) is 0 Å². The van der Waals surface area contributed by atoms with Crippen molar-refractivity contribution in [3.05, 3.63) is 0 Å². The van der Waals surface area contributed by atoms with E-state index in [4.69, 9.17) is 4.74 Å². The minimum Gasteiger partial charge on any atom is -0.368 e. The third kappa shape index (κ3) is 2.81. The van der Waals surface area contributed by atoms with Gasteiger partial charge >= 0.3 is 0 Å². The van der Waals surface area contributed by atoms with Gasteiger partial charge in [-0.25, -0.2) is 0 Å². The van der Waals surface area contributed by atoms with Crippen LogP contribution < -0.4 is 5.32 Å². The standard InChI is InChI=1S/C14H23N3O3/c18-13(11-3-1-5-15-11)16-6-8-17(9-7-16)14(19)12-4-2-10-20-12/h11-12,15H,1-10H2/t11-,12+/m0/s1. The SMILES string of the molecule is O=C([C@@H]1CCCN1)N1CCN(C(=O)[C@H]2CCCO2)CC1. The van der Waals surface area contributed by atoms with Crippen molar-refractivity contribution in [3.63, 3.8) is 0 Å². The molecule has 3 aliphatic heterocycles. The fraction of sp³-hybridized carbons (Fsp3) is 0.857. The molecular formula is C14H23N3O3. The van der Waals surface area contributed by atoms with E-state index in [9.17, 15) is 9.59 Å². The largest absolute Gasteiger partial charge is 0.368 e. The molecule has 2 atom stereocenters. The van der Waals surface area contributed by atoms with Gasteiger partial charge < -0.3 is 19.9 Å². The molecule has 6 nitrogen and oxygen atoms in total. The Morgan fingerprint density at radius 3 is 2.20 bits per heavy atom. The van der Waals surface area contributed by atoms with Crippen LogP contribution in [0.2, 0.25) is 0 Å². The number of amides is 2. The van der Waals surface area contributed by atoms with Crippen molar-refractivity contribution in [2.45, 2.75) is 37.8 Å². The van der Waals surface area contributed by atoms with E-state index in [2.05, 4.69) is 5.32 Å². The molecule has 0 unspecified atom stereocenters. The van der Waals surface area contributed by atoms with Crippen LogP contribution in [0.25, 0.3) is 0 Å². The Hall–Kier alpha value is -1.14. The van der Waals surface area contributed by atoms with Crippen molar-refractivity contribution >= 4 is 11.8 Å². The predicted octanol–water partition coefficient (Wildman–Crippen LogP) is -0.412. The van der Waals surface area contributed by atoms with Gasteiger partial charge in [-0.3, -0.25) is 9.59 Å². The lowest BCUT2D eigenvalue weighted by molar-refractivity contribution is -0.146. The van der Waals surface area contributed by atoms with Crippen molar-refractivity contribution in [1.82, 2.24) is 15.1 Å². The summed E-state index contributed by atoms with van der Waals surface area (Å²) in [5.74, 6) is 0.306. The number of hydrogen-bond donors (Lipinski definition) is 1. The summed E-state index contributed by atoms with van der Waals surface area (Å²) in [6.45, 7) is 4.20. The molecule has 2 amide bonds. The number of nitrogens with zero attached hydrogens (tertiary/aromatic N) is 2. The van der Waals surface area contributed by atoms with Gasteiger partial charge in [0, 0.05) is 32.8 Å². The Morgan fingerprint density at radius 2 is 1.65 bits per heavy atom. The second-order valence-corrected chi connectivity index (χ2v) is 5.80. The van der Waals surface area contributed by atoms with Crippen molar-refractivity contribution < 1.29 is 14.3 Å². The Labute approximate surface area is 119 Å². The second kappa shape index (κ2) is 6.10. The second-order valence-electron chi connectivity index (χ2n) is 5.80. The highest BCUT2D eigenvalue weighted by molar-refractivity contribution is 5.83. The predicted molar refractivity (Wildman–Crippen MR) is 73.2 cm³/mol. The van der Waals surface area contributed by atoms with Crippen LogP contribution in [0, 0.1) is 0 Å². The van der Waals surface area contributed by atoms with Gasteiger partial charge in [-0.15, -0.1) is 0 Å². The first-order valence-electron chi connectivity index (χ1n) is 7.68. The first-order valence-corrected chi connectivity index (χ1v) is 7.68. The molecule has 0 aromatic rings. The summed E-state index contributed by atoms with van der Waals surface area (Å²) < 4.78 is 5.44.